The van der Waals surface area contributed by atoms with E-state index in [2.05, 4.69) is 10.3 Å². The number of nitrogens with zero attached hydrogens (tertiary/aromatic N) is 1. The Kier molecular flexibility index (Phi) is 4.32. The molecule has 0 aliphatic rings. The minimum absolute atomic E-state index is 0.0943. The van der Waals surface area contributed by atoms with Crippen molar-refractivity contribution in [1.82, 2.24) is 4.98 Å². The quantitative estimate of drug-likeness (QED) is 0.907. The van der Waals surface area contributed by atoms with E-state index in [1.54, 1.807) is 30.3 Å². The van der Waals surface area contributed by atoms with Crippen molar-refractivity contribution in [3.63, 3.8) is 0 Å². The molecule has 2 N–H and O–H groups in total. The number of benzene rings is 1. The summed E-state index contributed by atoms with van der Waals surface area (Å²) in [6.07, 6.45) is 1.29. The van der Waals surface area contributed by atoms with Crippen molar-refractivity contribution in [3.8, 4) is 0 Å². The summed E-state index contributed by atoms with van der Waals surface area (Å²) in [5.74, 6) is -1.30. The number of anilines is 1. The fourth-order valence-corrected chi connectivity index (χ4v) is 1.75. The lowest BCUT2D eigenvalue weighted by atomic mass is 10.1. The number of amides is 1. The number of hydrogen-bond acceptors (Lipinski definition) is 3. The molecule has 0 unspecified atom stereocenters. The second-order valence-corrected chi connectivity index (χ2v) is 4.52. The van der Waals surface area contributed by atoms with Crippen LogP contribution in [0.15, 0.2) is 42.6 Å². The fourth-order valence-electron chi connectivity index (χ4n) is 1.64. The maximum absolute atomic E-state index is 11.9. The number of aromatic nitrogens is 1. The number of carbonyl (C=O) groups excluding carboxylic acids is 1. The normalized spacial score (nSPS) is 10.1. The number of halogens is 1. The number of carboxylic acid groups (broad SMARTS) is 1. The number of nitrogens with one attached hydrogen (secondary N) is 1. The molecule has 1 aromatic heterocycles. The Morgan fingerprint density at radius 1 is 1.25 bits per heavy atom. The first-order valence-corrected chi connectivity index (χ1v) is 6.16. The van der Waals surface area contributed by atoms with Gasteiger partial charge in [-0.3, -0.25) is 9.59 Å². The third-order valence-corrected chi connectivity index (χ3v) is 2.72. The first-order valence-electron chi connectivity index (χ1n) is 5.78. The van der Waals surface area contributed by atoms with Crippen LogP contribution in [0.4, 0.5) is 5.69 Å². The van der Waals surface area contributed by atoms with E-state index in [-0.39, 0.29) is 18.0 Å². The van der Waals surface area contributed by atoms with E-state index in [1.807, 2.05) is 0 Å². The van der Waals surface area contributed by atoms with Crippen molar-refractivity contribution >= 4 is 29.2 Å². The van der Waals surface area contributed by atoms with E-state index in [1.165, 1.54) is 12.3 Å². The lowest BCUT2D eigenvalue weighted by Crippen LogP contribution is -2.13. The van der Waals surface area contributed by atoms with Crippen LogP contribution in [0.25, 0.3) is 0 Å². The Morgan fingerprint density at radius 3 is 2.70 bits per heavy atom. The highest BCUT2D eigenvalue weighted by atomic mass is 35.5. The van der Waals surface area contributed by atoms with Gasteiger partial charge in [0.05, 0.1) is 11.4 Å². The molecule has 102 valence electrons. The van der Waals surface area contributed by atoms with Gasteiger partial charge in [0.15, 0.2) is 0 Å². The van der Waals surface area contributed by atoms with Crippen molar-refractivity contribution in [2.75, 3.05) is 5.32 Å². The molecule has 5 nitrogen and oxygen atoms in total. The molecule has 2 rings (SSSR count). The number of hydrogen-bond donors (Lipinski definition) is 2. The second-order valence-electron chi connectivity index (χ2n) is 4.09. The van der Waals surface area contributed by atoms with Gasteiger partial charge in [-0.05, 0) is 29.8 Å². The summed E-state index contributed by atoms with van der Waals surface area (Å²) in [7, 11) is 0. The van der Waals surface area contributed by atoms with Gasteiger partial charge < -0.3 is 10.4 Å². The SMILES string of the molecule is O=C(O)Cc1cccc(NC(=O)c2ccc(Cl)cn2)c1. The average molecular weight is 291 g/mol. The minimum Gasteiger partial charge on any atom is -0.481 e. The second kappa shape index (κ2) is 6.16. The Bertz CT molecular complexity index is 641. The van der Waals surface area contributed by atoms with Crippen LogP contribution < -0.4 is 5.32 Å². The summed E-state index contributed by atoms with van der Waals surface area (Å²) in [6.45, 7) is 0. The van der Waals surface area contributed by atoms with Crippen molar-refractivity contribution in [1.29, 1.82) is 0 Å². The highest BCUT2D eigenvalue weighted by molar-refractivity contribution is 6.30. The van der Waals surface area contributed by atoms with Gasteiger partial charge in [-0.25, -0.2) is 4.98 Å². The molecule has 2 aromatic rings. The molecule has 1 heterocycles. The van der Waals surface area contributed by atoms with Crippen LogP contribution >= 0.6 is 11.6 Å². The van der Waals surface area contributed by atoms with Crippen LogP contribution in [0.3, 0.4) is 0 Å². The van der Waals surface area contributed by atoms with Gasteiger partial charge in [-0.2, -0.15) is 0 Å². The third kappa shape index (κ3) is 3.80. The summed E-state index contributed by atoms with van der Waals surface area (Å²) in [6, 6.07) is 9.75. The minimum atomic E-state index is -0.923. The number of rotatable bonds is 4. The summed E-state index contributed by atoms with van der Waals surface area (Å²) in [5, 5.41) is 11.8. The Hall–Kier alpha value is -2.40. The maximum Gasteiger partial charge on any atom is 0.307 e. The van der Waals surface area contributed by atoms with Gasteiger partial charge in [-0.1, -0.05) is 23.7 Å². The molecule has 6 heteroatoms. The van der Waals surface area contributed by atoms with Crippen LogP contribution in [0.1, 0.15) is 16.1 Å². The Labute approximate surface area is 120 Å². The van der Waals surface area contributed by atoms with Crippen LogP contribution in [-0.4, -0.2) is 22.0 Å². The molecular weight excluding hydrogens is 280 g/mol. The number of pyridine rings is 1. The van der Waals surface area contributed by atoms with Gasteiger partial charge in [0, 0.05) is 11.9 Å². The van der Waals surface area contributed by atoms with E-state index >= 15 is 0 Å². The van der Waals surface area contributed by atoms with Crippen molar-refractivity contribution < 1.29 is 14.7 Å². The molecule has 0 spiro atoms. The van der Waals surface area contributed by atoms with E-state index in [0.717, 1.165) is 0 Å². The van der Waals surface area contributed by atoms with E-state index in [9.17, 15) is 9.59 Å². The molecular formula is C14H11ClN2O3. The van der Waals surface area contributed by atoms with Gasteiger partial charge in [-0.15, -0.1) is 0 Å². The average Bonchev–Trinajstić information content (AvgIpc) is 2.39. The summed E-state index contributed by atoms with van der Waals surface area (Å²) in [5.41, 5.74) is 1.36. The zero-order chi connectivity index (χ0) is 14.5. The molecule has 0 aliphatic carbocycles. The summed E-state index contributed by atoms with van der Waals surface area (Å²) < 4.78 is 0. The molecule has 0 aliphatic heterocycles. The van der Waals surface area contributed by atoms with Crippen molar-refractivity contribution in [3.05, 3.63) is 58.9 Å². The Balaban J connectivity index is 2.11. The van der Waals surface area contributed by atoms with E-state index < -0.39 is 5.97 Å². The molecule has 1 aromatic carbocycles. The predicted molar refractivity (Wildman–Crippen MR) is 75.0 cm³/mol. The predicted octanol–water partition coefficient (Wildman–Crippen LogP) is 2.61. The highest BCUT2D eigenvalue weighted by Gasteiger charge is 2.08. The molecule has 0 fully saturated rings. The third-order valence-electron chi connectivity index (χ3n) is 2.50. The summed E-state index contributed by atoms with van der Waals surface area (Å²) >= 11 is 5.70. The fraction of sp³-hybridized carbons (Fsp3) is 0.0714. The molecule has 0 atom stereocenters. The van der Waals surface area contributed by atoms with E-state index in [0.29, 0.717) is 16.3 Å². The van der Waals surface area contributed by atoms with Gasteiger partial charge in [0.1, 0.15) is 5.69 Å². The highest BCUT2D eigenvalue weighted by Crippen LogP contribution is 2.13. The van der Waals surface area contributed by atoms with Gasteiger partial charge in [0.2, 0.25) is 0 Å². The van der Waals surface area contributed by atoms with Crippen LogP contribution in [0, 0.1) is 0 Å². The number of aliphatic carboxylic acids is 1. The van der Waals surface area contributed by atoms with Crippen molar-refractivity contribution in [2.24, 2.45) is 0 Å². The topological polar surface area (TPSA) is 79.3 Å². The number of carboxylic acids is 1. The summed E-state index contributed by atoms with van der Waals surface area (Å²) in [4.78, 5) is 26.5. The van der Waals surface area contributed by atoms with Crippen LogP contribution in [0.5, 0.6) is 0 Å². The Morgan fingerprint density at radius 2 is 2.05 bits per heavy atom. The molecule has 0 radical (unpaired) electrons. The molecule has 0 bridgehead atoms. The van der Waals surface area contributed by atoms with Crippen molar-refractivity contribution in [2.45, 2.75) is 6.42 Å². The largest absolute Gasteiger partial charge is 0.481 e. The van der Waals surface area contributed by atoms with Gasteiger partial charge >= 0.3 is 5.97 Å². The van der Waals surface area contributed by atoms with Crippen LogP contribution in [-0.2, 0) is 11.2 Å². The van der Waals surface area contributed by atoms with Gasteiger partial charge in [0.25, 0.3) is 5.91 Å². The standard InChI is InChI=1S/C14H11ClN2O3/c15-10-4-5-12(16-8-10)14(20)17-11-3-1-2-9(6-11)7-13(18)19/h1-6,8H,7H2,(H,17,20)(H,18,19). The maximum atomic E-state index is 11.9. The first-order chi connectivity index (χ1) is 9.54. The zero-order valence-corrected chi connectivity index (χ0v) is 11.1. The lowest BCUT2D eigenvalue weighted by Gasteiger charge is -2.06. The van der Waals surface area contributed by atoms with Crippen LogP contribution in [0.2, 0.25) is 5.02 Å². The molecule has 0 saturated heterocycles. The monoisotopic (exact) mass is 290 g/mol. The smallest absolute Gasteiger partial charge is 0.307 e. The first kappa shape index (κ1) is 14.0. The lowest BCUT2D eigenvalue weighted by molar-refractivity contribution is -0.136. The molecule has 0 saturated carbocycles. The number of carbonyl (C=O) groups is 2. The van der Waals surface area contributed by atoms with E-state index in [4.69, 9.17) is 16.7 Å². The zero-order valence-electron chi connectivity index (χ0n) is 10.3. The molecule has 20 heavy (non-hydrogen) atoms. The molecule has 1 amide bonds.